The summed E-state index contributed by atoms with van der Waals surface area (Å²) in [4.78, 5) is 49.3. The van der Waals surface area contributed by atoms with Crippen LogP contribution in [0.4, 0.5) is 22.7 Å². The summed E-state index contributed by atoms with van der Waals surface area (Å²) in [5, 5.41) is 11.6. The molecule has 0 saturated heterocycles. The quantitative estimate of drug-likeness (QED) is 0.348. The predicted molar refractivity (Wildman–Crippen MR) is 143 cm³/mol. The second-order valence-electron chi connectivity index (χ2n) is 9.29. The lowest BCUT2D eigenvalue weighted by Gasteiger charge is -2.27. The Morgan fingerprint density at radius 3 is 1.28 bits per heavy atom. The second kappa shape index (κ2) is 13.4. The van der Waals surface area contributed by atoms with Gasteiger partial charge in [0.05, 0.1) is 0 Å². The molecule has 4 amide bonds. The van der Waals surface area contributed by atoms with Crippen LogP contribution < -0.4 is 21.3 Å². The van der Waals surface area contributed by atoms with Gasteiger partial charge in [0.25, 0.3) is 0 Å². The maximum absolute atomic E-state index is 12.8. The van der Waals surface area contributed by atoms with Crippen molar-refractivity contribution in [3.63, 3.8) is 0 Å². The van der Waals surface area contributed by atoms with Gasteiger partial charge in [-0.3, -0.25) is 19.2 Å². The zero-order valence-corrected chi connectivity index (χ0v) is 21.1. The van der Waals surface area contributed by atoms with Crippen LogP contribution in [0.2, 0.25) is 0 Å². The van der Waals surface area contributed by atoms with E-state index in [0.29, 0.717) is 61.3 Å². The molecule has 1 saturated carbocycles. The van der Waals surface area contributed by atoms with Crippen molar-refractivity contribution in [2.75, 3.05) is 21.3 Å². The fourth-order valence-corrected chi connectivity index (χ4v) is 4.36. The van der Waals surface area contributed by atoms with Gasteiger partial charge in [0, 0.05) is 47.4 Å². The highest BCUT2D eigenvalue weighted by atomic mass is 16.2. The number of anilines is 4. The van der Waals surface area contributed by atoms with Crippen LogP contribution in [-0.2, 0) is 19.2 Å². The first kappa shape index (κ1) is 26.9. The van der Waals surface area contributed by atoms with Gasteiger partial charge >= 0.3 is 0 Å². The number of rotatable bonds is 10. The third-order valence-corrected chi connectivity index (χ3v) is 6.25. The molecule has 0 bridgehead atoms. The van der Waals surface area contributed by atoms with Crippen LogP contribution in [-0.4, -0.2) is 23.6 Å². The second-order valence-corrected chi connectivity index (χ2v) is 9.29. The van der Waals surface area contributed by atoms with Crippen molar-refractivity contribution >= 4 is 46.4 Å². The first-order valence-electron chi connectivity index (χ1n) is 12.8. The number of nitrogens with one attached hydrogen (secondary N) is 4. The Kier molecular flexibility index (Phi) is 10.0. The molecule has 0 atom stereocenters. The molecule has 36 heavy (non-hydrogen) atoms. The van der Waals surface area contributed by atoms with E-state index in [2.05, 4.69) is 21.3 Å². The van der Waals surface area contributed by atoms with Gasteiger partial charge in [-0.25, -0.2) is 0 Å². The van der Waals surface area contributed by atoms with Crippen molar-refractivity contribution in [1.29, 1.82) is 0 Å². The molecule has 2 aromatic rings. The molecule has 8 heteroatoms. The van der Waals surface area contributed by atoms with Crippen LogP contribution in [0.1, 0.15) is 65.2 Å². The van der Waals surface area contributed by atoms with Gasteiger partial charge < -0.3 is 21.3 Å². The highest BCUT2D eigenvalue weighted by Crippen LogP contribution is 2.31. The van der Waals surface area contributed by atoms with Gasteiger partial charge in [-0.15, -0.1) is 0 Å². The minimum atomic E-state index is -0.163. The van der Waals surface area contributed by atoms with Crippen molar-refractivity contribution < 1.29 is 19.2 Å². The lowest BCUT2D eigenvalue weighted by Crippen LogP contribution is -2.32. The molecule has 0 aromatic heterocycles. The summed E-state index contributed by atoms with van der Waals surface area (Å²) < 4.78 is 0. The monoisotopic (exact) mass is 492 g/mol. The normalized spacial score (nSPS) is 17.1. The Morgan fingerprint density at radius 1 is 0.611 bits per heavy atom. The number of hydrogen-bond donors (Lipinski definition) is 4. The molecule has 1 aliphatic rings. The summed E-state index contributed by atoms with van der Waals surface area (Å²) in [6.07, 6.45) is 4.96. The Labute approximate surface area is 212 Å². The molecule has 1 fully saturated rings. The van der Waals surface area contributed by atoms with E-state index in [0.717, 1.165) is 12.8 Å². The van der Waals surface area contributed by atoms with Crippen LogP contribution in [0.5, 0.6) is 0 Å². The fourth-order valence-electron chi connectivity index (χ4n) is 4.36. The first-order valence-corrected chi connectivity index (χ1v) is 12.8. The van der Waals surface area contributed by atoms with Crippen LogP contribution in [0.15, 0.2) is 48.5 Å². The Hall–Kier alpha value is -3.68. The number of carbonyl (C=O) groups excluding carboxylic acids is 4. The van der Waals surface area contributed by atoms with Crippen LogP contribution in [0.3, 0.4) is 0 Å². The van der Waals surface area contributed by atoms with Gasteiger partial charge in [-0.05, 0) is 74.9 Å². The molecule has 0 aliphatic heterocycles. The molecule has 3 rings (SSSR count). The lowest BCUT2D eigenvalue weighted by atomic mass is 9.81. The highest BCUT2D eigenvalue weighted by molar-refractivity contribution is 5.96. The van der Waals surface area contributed by atoms with Gasteiger partial charge in [0.2, 0.25) is 23.6 Å². The summed E-state index contributed by atoms with van der Waals surface area (Å²) in [5.41, 5.74) is 2.58. The van der Waals surface area contributed by atoms with Crippen molar-refractivity contribution in [3.05, 3.63) is 48.5 Å². The van der Waals surface area contributed by atoms with E-state index in [1.54, 1.807) is 48.5 Å². The smallest absolute Gasteiger partial charge is 0.227 e. The lowest BCUT2D eigenvalue weighted by molar-refractivity contribution is -0.125. The standard InChI is InChI=1S/C28H36N4O4/c1-3-7-25(33)29-21-9-5-11-23(17-21)31-27(35)19-13-15-20(16-14-19)28(36)32-24-12-6-10-22(18-24)30-26(34)8-4-2/h5-6,9-12,17-20H,3-4,7-8,13-16H2,1-2H3,(H,29,33)(H,30,34)(H,31,35)(H,32,36). The van der Waals surface area contributed by atoms with Crippen molar-refractivity contribution in [3.8, 4) is 0 Å². The number of carbonyl (C=O) groups is 4. The molecule has 0 unspecified atom stereocenters. The van der Waals surface area contributed by atoms with Crippen LogP contribution in [0, 0.1) is 11.8 Å². The summed E-state index contributed by atoms with van der Waals surface area (Å²) >= 11 is 0. The SMILES string of the molecule is CCCC(=O)Nc1cccc(NC(=O)C2CCC(C(=O)Nc3cccc(NC(=O)CCC)c3)CC2)c1. The third kappa shape index (κ3) is 8.22. The number of amides is 4. The van der Waals surface area contributed by atoms with E-state index in [-0.39, 0.29) is 35.5 Å². The summed E-state index contributed by atoms with van der Waals surface area (Å²) in [5.74, 6) is -0.562. The molecule has 2 aromatic carbocycles. The van der Waals surface area contributed by atoms with Crippen LogP contribution >= 0.6 is 0 Å². The van der Waals surface area contributed by atoms with E-state index in [4.69, 9.17) is 0 Å². The van der Waals surface area contributed by atoms with Gasteiger partial charge in [-0.1, -0.05) is 26.0 Å². The summed E-state index contributed by atoms with van der Waals surface area (Å²) in [7, 11) is 0. The first-order chi connectivity index (χ1) is 17.4. The van der Waals surface area contributed by atoms with Gasteiger partial charge in [0.1, 0.15) is 0 Å². The highest BCUT2D eigenvalue weighted by Gasteiger charge is 2.30. The predicted octanol–water partition coefficient (Wildman–Crippen LogP) is 5.55. The van der Waals surface area contributed by atoms with Crippen molar-refractivity contribution in [2.45, 2.75) is 65.2 Å². The zero-order valence-electron chi connectivity index (χ0n) is 21.1. The van der Waals surface area contributed by atoms with Gasteiger partial charge in [-0.2, -0.15) is 0 Å². The minimum Gasteiger partial charge on any atom is -0.326 e. The molecular weight excluding hydrogens is 456 g/mol. The maximum Gasteiger partial charge on any atom is 0.227 e. The number of hydrogen-bond acceptors (Lipinski definition) is 4. The van der Waals surface area contributed by atoms with Crippen molar-refractivity contribution in [2.24, 2.45) is 11.8 Å². The van der Waals surface area contributed by atoms with Crippen molar-refractivity contribution in [1.82, 2.24) is 0 Å². The molecule has 8 nitrogen and oxygen atoms in total. The third-order valence-electron chi connectivity index (χ3n) is 6.25. The minimum absolute atomic E-state index is 0.0504. The topological polar surface area (TPSA) is 116 Å². The fraction of sp³-hybridized carbons (Fsp3) is 0.429. The van der Waals surface area contributed by atoms with E-state index in [9.17, 15) is 19.2 Å². The van der Waals surface area contributed by atoms with Gasteiger partial charge in [0.15, 0.2) is 0 Å². The Morgan fingerprint density at radius 2 is 0.944 bits per heavy atom. The maximum atomic E-state index is 12.8. The van der Waals surface area contributed by atoms with Crippen LogP contribution in [0.25, 0.3) is 0 Å². The Balaban J connectivity index is 1.48. The average molecular weight is 493 g/mol. The molecule has 0 heterocycles. The summed E-state index contributed by atoms with van der Waals surface area (Å²) in [6.45, 7) is 3.89. The molecule has 0 radical (unpaired) electrons. The zero-order chi connectivity index (χ0) is 25.9. The largest absolute Gasteiger partial charge is 0.326 e. The van der Waals surface area contributed by atoms with E-state index in [1.165, 1.54) is 0 Å². The Bertz CT molecular complexity index is 991. The van der Waals surface area contributed by atoms with E-state index < -0.39 is 0 Å². The van der Waals surface area contributed by atoms with E-state index >= 15 is 0 Å². The molecule has 1 aliphatic carbocycles. The van der Waals surface area contributed by atoms with E-state index in [1.807, 2.05) is 13.8 Å². The molecule has 0 spiro atoms. The molecule has 4 N–H and O–H groups in total. The average Bonchev–Trinajstić information content (AvgIpc) is 2.85. The molecule has 192 valence electrons. The molecular formula is C28H36N4O4. The summed E-state index contributed by atoms with van der Waals surface area (Å²) in [6, 6.07) is 14.3. The number of benzene rings is 2.